The molecule has 2 aromatic heterocycles. The summed E-state index contributed by atoms with van der Waals surface area (Å²) in [5, 5.41) is 13.7. The predicted molar refractivity (Wildman–Crippen MR) is 110 cm³/mol. The van der Waals surface area contributed by atoms with Crippen LogP contribution in [0.5, 0.6) is 0 Å². The molecule has 0 aromatic carbocycles. The summed E-state index contributed by atoms with van der Waals surface area (Å²) in [6.07, 6.45) is 7.40. The Morgan fingerprint density at radius 2 is 1.81 bits per heavy atom. The molecule has 2 aromatic rings. The first-order chi connectivity index (χ1) is 15.3. The molecular weight excluding hydrogens is 420 g/mol. The predicted octanol–water partition coefficient (Wildman–Crippen LogP) is -2.08. The van der Waals surface area contributed by atoms with Crippen molar-refractivity contribution in [2.45, 2.75) is 43.8 Å². The first-order valence-electron chi connectivity index (χ1n) is 10.2. The Morgan fingerprint density at radius 3 is 2.41 bits per heavy atom. The Kier molecular flexibility index (Phi) is 7.54. The van der Waals surface area contributed by atoms with E-state index < -0.39 is 42.5 Å². The number of carboxylic acid groups (broad SMARTS) is 1. The van der Waals surface area contributed by atoms with Crippen molar-refractivity contribution in [3.8, 4) is 0 Å². The van der Waals surface area contributed by atoms with Gasteiger partial charge in [-0.15, -0.1) is 0 Å². The number of nitrogens with one attached hydrogen (secondary N) is 4. The van der Waals surface area contributed by atoms with Crippen molar-refractivity contribution in [2.24, 2.45) is 5.73 Å². The normalized spacial score (nSPS) is 17.5. The van der Waals surface area contributed by atoms with Gasteiger partial charge in [0, 0.05) is 43.2 Å². The maximum atomic E-state index is 13.0. The van der Waals surface area contributed by atoms with Crippen molar-refractivity contribution in [3.05, 3.63) is 36.4 Å². The van der Waals surface area contributed by atoms with Crippen molar-refractivity contribution in [2.75, 3.05) is 13.1 Å². The Morgan fingerprint density at radius 1 is 1.16 bits per heavy atom. The quantitative estimate of drug-likeness (QED) is 0.239. The van der Waals surface area contributed by atoms with Gasteiger partial charge in [-0.2, -0.15) is 0 Å². The lowest BCUT2D eigenvalue weighted by Gasteiger charge is -2.28. The molecular formula is C19H26N8O5. The highest BCUT2D eigenvalue weighted by atomic mass is 16.4. The van der Waals surface area contributed by atoms with Gasteiger partial charge < -0.3 is 36.3 Å². The van der Waals surface area contributed by atoms with Crippen LogP contribution in [0.2, 0.25) is 0 Å². The molecule has 1 aliphatic heterocycles. The lowest BCUT2D eigenvalue weighted by atomic mass is 10.1. The van der Waals surface area contributed by atoms with Gasteiger partial charge in [-0.25, -0.2) is 9.97 Å². The van der Waals surface area contributed by atoms with Crippen LogP contribution in [0.4, 0.5) is 0 Å². The molecule has 3 amide bonds. The molecule has 1 saturated heterocycles. The summed E-state index contributed by atoms with van der Waals surface area (Å²) in [7, 11) is 0. The zero-order valence-corrected chi connectivity index (χ0v) is 17.3. The van der Waals surface area contributed by atoms with Gasteiger partial charge in [-0.3, -0.25) is 19.2 Å². The Bertz CT molecular complexity index is 930. The molecule has 3 heterocycles. The second kappa shape index (κ2) is 10.5. The van der Waals surface area contributed by atoms with Crippen LogP contribution < -0.4 is 16.4 Å². The number of aromatic amines is 2. The van der Waals surface area contributed by atoms with Gasteiger partial charge in [-0.05, 0) is 12.8 Å². The minimum atomic E-state index is -1.20. The fourth-order valence-corrected chi connectivity index (χ4v) is 3.62. The summed E-state index contributed by atoms with van der Waals surface area (Å²) in [5.74, 6) is -2.72. The van der Waals surface area contributed by atoms with E-state index in [1.807, 2.05) is 0 Å². The summed E-state index contributed by atoms with van der Waals surface area (Å²) >= 11 is 0. The minimum absolute atomic E-state index is 0.0806. The molecule has 3 rings (SSSR count). The van der Waals surface area contributed by atoms with Crippen molar-refractivity contribution in [3.63, 3.8) is 0 Å². The molecule has 0 spiro atoms. The number of nitrogens with two attached hydrogens (primary N) is 1. The molecule has 0 bridgehead atoms. The second-order valence-electron chi connectivity index (χ2n) is 7.53. The van der Waals surface area contributed by atoms with E-state index in [0.717, 1.165) is 0 Å². The summed E-state index contributed by atoms with van der Waals surface area (Å²) in [5.41, 5.74) is 7.35. The monoisotopic (exact) mass is 446 g/mol. The number of aromatic nitrogens is 4. The van der Waals surface area contributed by atoms with Gasteiger partial charge in [0.05, 0.1) is 18.7 Å². The number of hydrogen-bond donors (Lipinski definition) is 6. The number of nitrogens with zero attached hydrogens (tertiary/aromatic N) is 3. The highest BCUT2D eigenvalue weighted by molar-refractivity contribution is 5.94. The van der Waals surface area contributed by atoms with E-state index in [9.17, 15) is 19.2 Å². The number of carboxylic acids is 1. The molecule has 0 saturated carbocycles. The molecule has 3 atom stereocenters. The summed E-state index contributed by atoms with van der Waals surface area (Å²) in [6.45, 7) is -0.200. The third-order valence-corrected chi connectivity index (χ3v) is 5.18. The maximum absolute atomic E-state index is 13.0. The minimum Gasteiger partial charge on any atom is -0.480 e. The van der Waals surface area contributed by atoms with E-state index in [4.69, 9.17) is 10.8 Å². The van der Waals surface area contributed by atoms with Crippen molar-refractivity contribution < 1.29 is 24.3 Å². The lowest BCUT2D eigenvalue weighted by molar-refractivity contribution is -0.141. The number of hydrogen-bond acceptors (Lipinski definition) is 7. The van der Waals surface area contributed by atoms with Crippen molar-refractivity contribution in [1.29, 1.82) is 0 Å². The van der Waals surface area contributed by atoms with Gasteiger partial charge in [-0.1, -0.05) is 0 Å². The molecule has 0 radical (unpaired) electrons. The van der Waals surface area contributed by atoms with E-state index >= 15 is 0 Å². The SMILES string of the molecule is NC(Cc1cnc[nH]1)C(=O)N1CCCC1C(=O)NC(Cc1cnc[nH]1)C(=O)NCC(=O)O. The molecule has 0 aliphatic carbocycles. The fourth-order valence-electron chi connectivity index (χ4n) is 3.62. The number of H-pyrrole nitrogens is 2. The van der Waals surface area contributed by atoms with Crippen LogP contribution in [0.25, 0.3) is 0 Å². The van der Waals surface area contributed by atoms with E-state index in [2.05, 4.69) is 30.6 Å². The zero-order valence-electron chi connectivity index (χ0n) is 17.3. The standard InChI is InChI=1S/C19H26N8O5/c20-13(4-11-6-21-9-24-11)19(32)27-3-1-2-15(27)18(31)26-14(5-12-7-22-10-25-12)17(30)23-8-16(28)29/h6-7,9-10,13-15H,1-5,8,20H2,(H,21,24)(H,22,25)(H,23,30)(H,26,31)(H,28,29). The fraction of sp³-hybridized carbons (Fsp3) is 0.474. The van der Waals surface area contributed by atoms with Crippen LogP contribution in [-0.2, 0) is 32.0 Å². The summed E-state index contributed by atoms with van der Waals surface area (Å²) in [6, 6.07) is -2.66. The number of likely N-dealkylation sites (tertiary alicyclic amines) is 1. The van der Waals surface area contributed by atoms with Crippen LogP contribution in [0.3, 0.4) is 0 Å². The highest BCUT2D eigenvalue weighted by Crippen LogP contribution is 2.19. The van der Waals surface area contributed by atoms with Crippen molar-refractivity contribution >= 4 is 23.7 Å². The van der Waals surface area contributed by atoms with Gasteiger partial charge in [0.2, 0.25) is 17.7 Å². The van der Waals surface area contributed by atoms with Crippen LogP contribution in [0.1, 0.15) is 24.2 Å². The molecule has 7 N–H and O–H groups in total. The van der Waals surface area contributed by atoms with Gasteiger partial charge >= 0.3 is 5.97 Å². The second-order valence-corrected chi connectivity index (χ2v) is 7.53. The van der Waals surface area contributed by atoms with Crippen LogP contribution in [0.15, 0.2) is 25.0 Å². The van der Waals surface area contributed by atoms with E-state index in [1.54, 1.807) is 6.20 Å². The van der Waals surface area contributed by atoms with Crippen LogP contribution >= 0.6 is 0 Å². The molecule has 32 heavy (non-hydrogen) atoms. The molecule has 13 heteroatoms. The number of rotatable bonds is 10. The topological polar surface area (TPSA) is 199 Å². The van der Waals surface area contributed by atoms with Crippen molar-refractivity contribution in [1.82, 2.24) is 35.5 Å². The van der Waals surface area contributed by atoms with Gasteiger partial charge in [0.1, 0.15) is 18.6 Å². The van der Waals surface area contributed by atoms with E-state index in [0.29, 0.717) is 30.8 Å². The van der Waals surface area contributed by atoms with E-state index in [-0.39, 0.29) is 18.7 Å². The van der Waals surface area contributed by atoms with Gasteiger partial charge in [0.25, 0.3) is 0 Å². The first-order valence-corrected chi connectivity index (χ1v) is 10.2. The first kappa shape index (κ1) is 22.9. The average molecular weight is 446 g/mol. The maximum Gasteiger partial charge on any atom is 0.322 e. The Hall–Kier alpha value is -3.74. The molecule has 1 aliphatic rings. The Balaban J connectivity index is 1.66. The number of imidazole rings is 2. The third-order valence-electron chi connectivity index (χ3n) is 5.18. The summed E-state index contributed by atoms with van der Waals surface area (Å²) in [4.78, 5) is 64.1. The molecule has 172 valence electrons. The number of aliphatic carboxylic acids is 1. The highest BCUT2D eigenvalue weighted by Gasteiger charge is 2.37. The summed E-state index contributed by atoms with van der Waals surface area (Å²) < 4.78 is 0. The average Bonchev–Trinajstić information content (AvgIpc) is 3.53. The van der Waals surface area contributed by atoms with Crippen LogP contribution in [0, 0.1) is 0 Å². The zero-order chi connectivity index (χ0) is 23.1. The molecule has 3 unspecified atom stereocenters. The Labute approximate surface area is 183 Å². The smallest absolute Gasteiger partial charge is 0.322 e. The molecule has 1 fully saturated rings. The van der Waals surface area contributed by atoms with Crippen LogP contribution in [-0.4, -0.2) is 84.8 Å². The number of carbonyl (C=O) groups excluding carboxylic acids is 3. The van der Waals surface area contributed by atoms with Gasteiger partial charge in [0.15, 0.2) is 0 Å². The lowest BCUT2D eigenvalue weighted by Crippen LogP contribution is -2.56. The largest absolute Gasteiger partial charge is 0.480 e. The number of carbonyl (C=O) groups is 4. The molecule has 13 nitrogen and oxygen atoms in total. The number of amides is 3. The third kappa shape index (κ3) is 5.91. The van der Waals surface area contributed by atoms with E-state index in [1.165, 1.54) is 23.8 Å².